The maximum atomic E-state index is 13.9. The summed E-state index contributed by atoms with van der Waals surface area (Å²) in [5.41, 5.74) is 1.41. The minimum atomic E-state index is -2.71. The van der Waals surface area contributed by atoms with E-state index >= 15 is 0 Å². The highest BCUT2D eigenvalue weighted by Crippen LogP contribution is 2.48. The number of thiazole rings is 1. The second-order valence-electron chi connectivity index (χ2n) is 10.2. The Bertz CT molecular complexity index is 1130. The van der Waals surface area contributed by atoms with Crippen molar-refractivity contribution in [2.75, 3.05) is 17.2 Å². The number of carbonyl (C=O) groups excluding carboxylic acids is 1. The van der Waals surface area contributed by atoms with Gasteiger partial charge in [-0.05, 0) is 65.5 Å². The Hall–Kier alpha value is -2.38. The van der Waals surface area contributed by atoms with E-state index in [1.807, 2.05) is 59.9 Å². The highest BCUT2D eigenvalue weighted by atomic mass is 32.1. The van der Waals surface area contributed by atoms with Gasteiger partial charge in [-0.25, -0.2) is 14.6 Å². The molecular formula is C27H40N3O5PS. The van der Waals surface area contributed by atoms with E-state index in [4.69, 9.17) is 9.72 Å². The van der Waals surface area contributed by atoms with Gasteiger partial charge in [-0.3, -0.25) is 4.90 Å². The fourth-order valence-electron chi connectivity index (χ4n) is 4.91. The highest BCUT2D eigenvalue weighted by molar-refractivity contribution is 7.71. The smallest absolute Gasteiger partial charge is 0.412 e. The summed E-state index contributed by atoms with van der Waals surface area (Å²) in [5.74, 6) is 0.313. The lowest BCUT2D eigenvalue weighted by Crippen LogP contribution is -2.38. The summed E-state index contributed by atoms with van der Waals surface area (Å²) in [7, 11) is -2.71. The Kier molecular flexibility index (Phi) is 9.81. The summed E-state index contributed by atoms with van der Waals surface area (Å²) in [4.78, 5) is 30.9. The summed E-state index contributed by atoms with van der Waals surface area (Å²) in [6.07, 6.45) is 4.94. The van der Waals surface area contributed by atoms with Crippen molar-refractivity contribution in [1.29, 1.82) is 0 Å². The van der Waals surface area contributed by atoms with E-state index in [9.17, 15) is 19.3 Å². The molecule has 2 amide bonds. The molecule has 3 rings (SSSR count). The minimum absolute atomic E-state index is 0.110. The minimum Gasteiger partial charge on any atom is -0.465 e. The standard InChI is InChI=1S/C27H40N3O5PS/c1-7-36(34,8-2)23-15-21(30(17(3)4)27(32)33)13-14-22(23)24-16-28-25(37-24)19-9-11-20(12-10-19)29-26(31)35-18(5)6/h13-20H,7-12H2,1-6H3,(H,29,31)(H,32,33). The summed E-state index contributed by atoms with van der Waals surface area (Å²) >= 11 is 1.62. The van der Waals surface area contributed by atoms with Gasteiger partial charge in [0.1, 0.15) is 7.14 Å². The van der Waals surface area contributed by atoms with Crippen LogP contribution >= 0.6 is 18.5 Å². The van der Waals surface area contributed by atoms with Crippen LogP contribution in [0.5, 0.6) is 0 Å². The number of hydrogen-bond acceptors (Lipinski definition) is 6. The van der Waals surface area contributed by atoms with Crippen LogP contribution < -0.4 is 15.5 Å². The van der Waals surface area contributed by atoms with Crippen molar-refractivity contribution in [1.82, 2.24) is 10.3 Å². The first-order chi connectivity index (χ1) is 17.5. The predicted molar refractivity (Wildman–Crippen MR) is 151 cm³/mol. The van der Waals surface area contributed by atoms with Crippen molar-refractivity contribution in [2.45, 2.75) is 91.3 Å². The third-order valence-electron chi connectivity index (χ3n) is 6.97. The number of carbonyl (C=O) groups is 2. The van der Waals surface area contributed by atoms with E-state index in [0.717, 1.165) is 46.4 Å². The lowest BCUT2D eigenvalue weighted by atomic mass is 9.86. The lowest BCUT2D eigenvalue weighted by molar-refractivity contribution is 0.109. The molecule has 1 aliphatic rings. The molecule has 204 valence electrons. The number of rotatable bonds is 9. The second kappa shape index (κ2) is 12.4. The van der Waals surface area contributed by atoms with Crippen LogP contribution in [0, 0.1) is 0 Å². The Morgan fingerprint density at radius 1 is 1.16 bits per heavy atom. The third-order valence-corrected chi connectivity index (χ3v) is 11.5. The fraction of sp³-hybridized carbons (Fsp3) is 0.593. The predicted octanol–water partition coefficient (Wildman–Crippen LogP) is 6.89. The number of aromatic nitrogens is 1. The van der Waals surface area contributed by atoms with Crippen molar-refractivity contribution >= 4 is 41.7 Å². The van der Waals surface area contributed by atoms with E-state index in [1.54, 1.807) is 17.4 Å². The van der Waals surface area contributed by atoms with Crippen LogP contribution in [0.25, 0.3) is 10.4 Å². The molecule has 0 bridgehead atoms. The van der Waals surface area contributed by atoms with Gasteiger partial charge in [-0.15, -0.1) is 11.3 Å². The topological polar surface area (TPSA) is 109 Å². The van der Waals surface area contributed by atoms with E-state index in [0.29, 0.717) is 23.9 Å². The van der Waals surface area contributed by atoms with Crippen LogP contribution in [0.2, 0.25) is 0 Å². The molecule has 1 aromatic heterocycles. The molecule has 2 N–H and O–H groups in total. The molecule has 0 aliphatic heterocycles. The Morgan fingerprint density at radius 2 is 1.81 bits per heavy atom. The van der Waals surface area contributed by atoms with E-state index < -0.39 is 13.2 Å². The SMILES string of the molecule is CCP(=O)(CC)c1cc(N(C(=O)O)C(C)C)ccc1-c1cnc(C2CCC(NC(=O)OC(C)C)CC2)s1. The molecule has 1 saturated carbocycles. The maximum absolute atomic E-state index is 13.9. The number of nitrogens with zero attached hydrogens (tertiary/aromatic N) is 2. The van der Waals surface area contributed by atoms with E-state index in [1.165, 1.54) is 4.90 Å². The first kappa shape index (κ1) is 29.2. The van der Waals surface area contributed by atoms with E-state index in [-0.39, 0.29) is 24.3 Å². The summed E-state index contributed by atoms with van der Waals surface area (Å²) in [5, 5.41) is 14.5. The number of carboxylic acid groups (broad SMARTS) is 1. The molecular weight excluding hydrogens is 509 g/mol. The molecule has 1 aliphatic carbocycles. The number of ether oxygens (including phenoxy) is 1. The molecule has 10 heteroatoms. The third kappa shape index (κ3) is 6.94. The first-order valence-electron chi connectivity index (χ1n) is 13.2. The maximum Gasteiger partial charge on any atom is 0.412 e. The number of hydrogen-bond donors (Lipinski definition) is 2. The van der Waals surface area contributed by atoms with E-state index in [2.05, 4.69) is 5.32 Å². The lowest BCUT2D eigenvalue weighted by Gasteiger charge is -2.28. The average Bonchev–Trinajstić information content (AvgIpc) is 3.33. The van der Waals surface area contributed by atoms with Crippen LogP contribution in [0.1, 0.15) is 78.2 Å². The van der Waals surface area contributed by atoms with Crippen LogP contribution in [0.15, 0.2) is 24.4 Å². The second-order valence-corrected chi connectivity index (χ2v) is 14.8. The zero-order valence-electron chi connectivity index (χ0n) is 22.7. The number of anilines is 1. The van der Waals surface area contributed by atoms with Crippen molar-refractivity contribution in [3.63, 3.8) is 0 Å². The quantitative estimate of drug-likeness (QED) is 0.330. The molecule has 8 nitrogen and oxygen atoms in total. The number of alkyl carbamates (subject to hydrolysis) is 1. The number of nitrogens with one attached hydrogen (secondary N) is 1. The molecule has 0 unspecified atom stereocenters. The van der Waals surface area contributed by atoms with Gasteiger partial charge in [0.25, 0.3) is 0 Å². The zero-order valence-corrected chi connectivity index (χ0v) is 24.4. The first-order valence-corrected chi connectivity index (χ1v) is 16.1. The molecule has 0 radical (unpaired) electrons. The molecule has 0 spiro atoms. The van der Waals surface area contributed by atoms with Crippen molar-refractivity contribution in [2.24, 2.45) is 0 Å². The number of amides is 2. The van der Waals surface area contributed by atoms with Gasteiger partial charge in [0.05, 0.1) is 16.0 Å². The molecule has 0 saturated heterocycles. The Morgan fingerprint density at radius 3 is 2.35 bits per heavy atom. The summed E-state index contributed by atoms with van der Waals surface area (Å²) in [6, 6.07) is 5.38. The number of benzene rings is 1. The fourth-order valence-corrected chi connectivity index (χ4v) is 8.24. The molecule has 1 heterocycles. The monoisotopic (exact) mass is 549 g/mol. The Balaban J connectivity index is 1.85. The van der Waals surface area contributed by atoms with Crippen LogP contribution in [-0.2, 0) is 9.30 Å². The highest BCUT2D eigenvalue weighted by Gasteiger charge is 2.30. The average molecular weight is 550 g/mol. The molecule has 37 heavy (non-hydrogen) atoms. The summed E-state index contributed by atoms with van der Waals surface area (Å²) < 4.78 is 19.1. The van der Waals surface area contributed by atoms with Crippen LogP contribution in [0.3, 0.4) is 0 Å². The van der Waals surface area contributed by atoms with Crippen molar-refractivity contribution in [3.8, 4) is 10.4 Å². The summed E-state index contributed by atoms with van der Waals surface area (Å²) in [6.45, 7) is 11.2. The molecule has 2 aromatic rings. The molecule has 0 atom stereocenters. The van der Waals surface area contributed by atoms with Crippen molar-refractivity contribution < 1.29 is 24.0 Å². The van der Waals surface area contributed by atoms with Gasteiger partial charge in [0.2, 0.25) is 0 Å². The van der Waals surface area contributed by atoms with Crippen molar-refractivity contribution in [3.05, 3.63) is 29.4 Å². The van der Waals surface area contributed by atoms with Gasteiger partial charge in [0.15, 0.2) is 0 Å². The molecule has 1 aromatic carbocycles. The molecule has 1 fully saturated rings. The van der Waals surface area contributed by atoms with Crippen LogP contribution in [0.4, 0.5) is 15.3 Å². The van der Waals surface area contributed by atoms with Gasteiger partial charge >= 0.3 is 12.2 Å². The zero-order chi connectivity index (χ0) is 27.3. The van der Waals surface area contributed by atoms with Crippen LogP contribution in [-0.4, -0.2) is 52.8 Å². The van der Waals surface area contributed by atoms with Gasteiger partial charge in [-0.1, -0.05) is 19.9 Å². The van der Waals surface area contributed by atoms with Gasteiger partial charge < -0.3 is 19.7 Å². The van der Waals surface area contributed by atoms with Gasteiger partial charge in [-0.2, -0.15) is 0 Å². The Labute approximate surface area is 224 Å². The normalized spacial score (nSPS) is 18.2. The largest absolute Gasteiger partial charge is 0.465 e. The van der Waals surface area contributed by atoms with Gasteiger partial charge in [0, 0.05) is 53.1 Å².